The molecule has 2 aliphatic rings. The third-order valence-electron chi connectivity index (χ3n) is 5.95. The van der Waals surface area contributed by atoms with Crippen molar-refractivity contribution in [2.75, 3.05) is 27.2 Å². The van der Waals surface area contributed by atoms with Gasteiger partial charge in [0.2, 0.25) is 0 Å². The van der Waals surface area contributed by atoms with Crippen molar-refractivity contribution in [3.05, 3.63) is 59.9 Å². The summed E-state index contributed by atoms with van der Waals surface area (Å²) in [4.78, 5) is 21.7. The third-order valence-corrected chi connectivity index (χ3v) is 5.95. The van der Waals surface area contributed by atoms with Crippen molar-refractivity contribution in [1.29, 1.82) is 0 Å². The zero-order chi connectivity index (χ0) is 19.6. The lowest BCUT2D eigenvalue weighted by atomic mass is 9.78. The first-order valence-electron chi connectivity index (χ1n) is 10.2. The summed E-state index contributed by atoms with van der Waals surface area (Å²) in [5.41, 5.74) is 1.26. The highest BCUT2D eigenvalue weighted by atomic mass is 16.5. The Kier molecular flexibility index (Phi) is 5.36. The van der Waals surface area contributed by atoms with E-state index in [0.717, 1.165) is 43.5 Å². The first-order chi connectivity index (χ1) is 13.5. The van der Waals surface area contributed by atoms with E-state index >= 15 is 0 Å². The second kappa shape index (κ2) is 7.92. The van der Waals surface area contributed by atoms with E-state index in [9.17, 15) is 4.79 Å². The van der Waals surface area contributed by atoms with Gasteiger partial charge in [-0.05, 0) is 63.9 Å². The number of rotatable bonds is 3. The molecule has 28 heavy (non-hydrogen) atoms. The lowest BCUT2D eigenvalue weighted by Crippen LogP contribution is -2.50. The number of para-hydroxylation sites is 1. The van der Waals surface area contributed by atoms with Gasteiger partial charge in [0.05, 0.1) is 6.54 Å². The lowest BCUT2D eigenvalue weighted by Gasteiger charge is -2.42. The largest absolute Gasteiger partial charge is 0.485 e. The van der Waals surface area contributed by atoms with Gasteiger partial charge in [0.15, 0.2) is 0 Å². The van der Waals surface area contributed by atoms with Gasteiger partial charge >= 0.3 is 0 Å². The Bertz CT molecular complexity index is 814. The number of carbonyl (C=O) groups is 1. The zero-order valence-electron chi connectivity index (χ0n) is 16.8. The summed E-state index contributed by atoms with van der Waals surface area (Å²) in [6, 6.07) is 13.6. The summed E-state index contributed by atoms with van der Waals surface area (Å²) in [6.45, 7) is 2.30. The minimum Gasteiger partial charge on any atom is -0.485 e. The fourth-order valence-corrected chi connectivity index (χ4v) is 4.57. The Morgan fingerprint density at radius 2 is 1.93 bits per heavy atom. The summed E-state index contributed by atoms with van der Waals surface area (Å²) in [5.74, 6) is 1.60. The molecule has 5 nitrogen and oxygen atoms in total. The number of amides is 1. The number of fused-ring (bicyclic) bond motifs is 1. The lowest BCUT2D eigenvalue weighted by molar-refractivity contribution is -0.00736. The monoisotopic (exact) mass is 379 g/mol. The van der Waals surface area contributed by atoms with Gasteiger partial charge in [0.1, 0.15) is 17.0 Å². The van der Waals surface area contributed by atoms with Gasteiger partial charge in [0.25, 0.3) is 5.91 Å². The molecule has 0 saturated heterocycles. The molecule has 0 radical (unpaired) electrons. The molecule has 1 aromatic carbocycles. The highest BCUT2D eigenvalue weighted by Crippen LogP contribution is 2.40. The van der Waals surface area contributed by atoms with Gasteiger partial charge in [-0.15, -0.1) is 0 Å². The number of aromatic nitrogens is 1. The number of pyridine rings is 1. The van der Waals surface area contributed by atoms with Crippen LogP contribution < -0.4 is 4.74 Å². The summed E-state index contributed by atoms with van der Waals surface area (Å²) < 4.78 is 6.63. The average Bonchev–Trinajstić information content (AvgIpc) is 2.86. The number of hydrogen-bond acceptors (Lipinski definition) is 4. The Morgan fingerprint density at radius 1 is 1.18 bits per heavy atom. The second-order valence-electron chi connectivity index (χ2n) is 8.47. The molecule has 5 heteroatoms. The molecule has 148 valence electrons. The number of nitrogens with zero attached hydrogens (tertiary/aromatic N) is 3. The van der Waals surface area contributed by atoms with Crippen LogP contribution in [-0.2, 0) is 6.54 Å². The topological polar surface area (TPSA) is 45.7 Å². The Labute approximate surface area is 167 Å². The average molecular weight is 380 g/mol. The van der Waals surface area contributed by atoms with Crippen LogP contribution in [0.25, 0.3) is 0 Å². The van der Waals surface area contributed by atoms with Crippen molar-refractivity contribution in [1.82, 2.24) is 14.8 Å². The standard InChI is InChI=1S/C23H29N3O2/c1-25(2)15-18-10-12-23(13-11-18)17-26(22(27)20-8-5-6-14-24-20)16-19-7-3-4-9-21(19)28-23/h3-9,14,18H,10-13,15-17H2,1-2H3. The van der Waals surface area contributed by atoms with Gasteiger partial charge in [-0.1, -0.05) is 24.3 Å². The van der Waals surface area contributed by atoms with Crippen LogP contribution in [0.1, 0.15) is 41.7 Å². The molecule has 2 heterocycles. The molecule has 4 rings (SSSR count). The summed E-state index contributed by atoms with van der Waals surface area (Å²) in [6.07, 6.45) is 5.90. The maximum absolute atomic E-state index is 13.2. The molecule has 0 atom stereocenters. The van der Waals surface area contributed by atoms with Gasteiger partial charge in [-0.2, -0.15) is 0 Å². The third kappa shape index (κ3) is 4.04. The van der Waals surface area contributed by atoms with E-state index in [1.54, 1.807) is 12.3 Å². The minimum absolute atomic E-state index is 0.0179. The highest BCUT2D eigenvalue weighted by molar-refractivity contribution is 5.92. The number of hydrogen-bond donors (Lipinski definition) is 0. The van der Waals surface area contributed by atoms with Crippen LogP contribution in [-0.4, -0.2) is 53.5 Å². The molecule has 1 aliphatic carbocycles. The smallest absolute Gasteiger partial charge is 0.272 e. The summed E-state index contributed by atoms with van der Waals surface area (Å²) >= 11 is 0. The molecule has 1 fully saturated rings. The van der Waals surface area contributed by atoms with Crippen molar-refractivity contribution >= 4 is 5.91 Å². The maximum Gasteiger partial charge on any atom is 0.272 e. The van der Waals surface area contributed by atoms with Crippen LogP contribution in [0.3, 0.4) is 0 Å². The van der Waals surface area contributed by atoms with E-state index in [-0.39, 0.29) is 11.5 Å². The van der Waals surface area contributed by atoms with Crippen LogP contribution in [0.5, 0.6) is 5.75 Å². The van der Waals surface area contributed by atoms with Crippen LogP contribution in [0, 0.1) is 5.92 Å². The molecule has 0 unspecified atom stereocenters. The molecule has 1 amide bonds. The van der Waals surface area contributed by atoms with Gasteiger partial charge in [-0.3, -0.25) is 9.78 Å². The first kappa shape index (κ1) is 18.9. The van der Waals surface area contributed by atoms with Crippen molar-refractivity contribution in [2.45, 2.75) is 37.8 Å². The maximum atomic E-state index is 13.2. The van der Waals surface area contributed by atoms with Crippen molar-refractivity contribution in [3.8, 4) is 5.75 Å². The Balaban J connectivity index is 1.60. The minimum atomic E-state index is -0.306. The predicted molar refractivity (Wildman–Crippen MR) is 109 cm³/mol. The van der Waals surface area contributed by atoms with Crippen molar-refractivity contribution < 1.29 is 9.53 Å². The van der Waals surface area contributed by atoms with Crippen LogP contribution in [0.15, 0.2) is 48.7 Å². The molecular formula is C23H29N3O2. The molecule has 2 aromatic rings. The van der Waals surface area contributed by atoms with Gasteiger partial charge < -0.3 is 14.5 Å². The van der Waals surface area contributed by atoms with Gasteiger partial charge in [0, 0.05) is 24.8 Å². The molecule has 1 aliphatic heterocycles. The Hall–Kier alpha value is -2.40. The number of ether oxygens (including phenoxy) is 1. The number of benzene rings is 1. The van der Waals surface area contributed by atoms with E-state index in [1.807, 2.05) is 35.2 Å². The summed E-state index contributed by atoms with van der Waals surface area (Å²) in [7, 11) is 4.27. The van der Waals surface area contributed by atoms with Crippen LogP contribution in [0.4, 0.5) is 0 Å². The van der Waals surface area contributed by atoms with E-state index < -0.39 is 0 Å². The fourth-order valence-electron chi connectivity index (χ4n) is 4.57. The predicted octanol–water partition coefficient (Wildman–Crippen LogP) is 3.61. The quantitative estimate of drug-likeness (QED) is 0.817. The van der Waals surface area contributed by atoms with E-state index in [1.165, 1.54) is 0 Å². The molecule has 1 spiro atoms. The summed E-state index contributed by atoms with van der Waals surface area (Å²) in [5, 5.41) is 0. The van der Waals surface area contributed by atoms with Gasteiger partial charge in [-0.25, -0.2) is 0 Å². The highest BCUT2D eigenvalue weighted by Gasteiger charge is 2.42. The normalized spacial score (nSPS) is 24.5. The number of carbonyl (C=O) groups excluding carboxylic acids is 1. The molecule has 1 saturated carbocycles. The van der Waals surface area contributed by atoms with E-state index in [4.69, 9.17) is 4.74 Å². The first-order valence-corrected chi connectivity index (χ1v) is 10.2. The molecule has 0 N–H and O–H groups in total. The van der Waals surface area contributed by atoms with E-state index in [0.29, 0.717) is 24.7 Å². The molecule has 0 bridgehead atoms. The fraction of sp³-hybridized carbons (Fsp3) is 0.478. The van der Waals surface area contributed by atoms with E-state index in [2.05, 4.69) is 30.0 Å². The van der Waals surface area contributed by atoms with Crippen LogP contribution >= 0.6 is 0 Å². The zero-order valence-corrected chi connectivity index (χ0v) is 16.8. The molecule has 1 aromatic heterocycles. The van der Waals surface area contributed by atoms with Crippen molar-refractivity contribution in [2.24, 2.45) is 5.92 Å². The van der Waals surface area contributed by atoms with Crippen LogP contribution in [0.2, 0.25) is 0 Å². The Morgan fingerprint density at radius 3 is 2.64 bits per heavy atom. The molecular weight excluding hydrogens is 350 g/mol. The van der Waals surface area contributed by atoms with Crippen molar-refractivity contribution in [3.63, 3.8) is 0 Å². The second-order valence-corrected chi connectivity index (χ2v) is 8.47. The SMILES string of the molecule is CN(C)CC1CCC2(CC1)CN(C(=O)c1ccccn1)Cc1ccccc1O2.